The molecule has 1 aromatic heterocycles. The van der Waals surface area contributed by atoms with E-state index in [9.17, 15) is 0 Å². The van der Waals surface area contributed by atoms with Crippen LogP contribution in [0.2, 0.25) is 0 Å². The molecule has 106 valence electrons. The predicted molar refractivity (Wildman–Crippen MR) is 87.4 cm³/mol. The fraction of sp³-hybridized carbons (Fsp3) is 0.529. The highest BCUT2D eigenvalue weighted by molar-refractivity contribution is 7.09. The first-order valence-corrected chi connectivity index (χ1v) is 8.25. The molecule has 1 atom stereocenters. The molecular weight excluding hydrogens is 264 g/mol. The van der Waals surface area contributed by atoms with Crippen molar-refractivity contribution in [3.63, 3.8) is 0 Å². The van der Waals surface area contributed by atoms with Crippen LogP contribution in [0.3, 0.4) is 0 Å². The van der Waals surface area contributed by atoms with Gasteiger partial charge in [0, 0.05) is 24.4 Å². The summed E-state index contributed by atoms with van der Waals surface area (Å²) in [6, 6.07) is 0. The topological polar surface area (TPSA) is 25.2 Å². The first-order chi connectivity index (χ1) is 9.78. The highest BCUT2D eigenvalue weighted by Gasteiger charge is 2.05. The van der Waals surface area contributed by atoms with E-state index in [0.717, 1.165) is 25.7 Å². The van der Waals surface area contributed by atoms with Gasteiger partial charge in [-0.05, 0) is 24.3 Å². The molecule has 0 saturated heterocycles. The standard InChI is InChI=1S/C17H22N2S/c1-3-6-16-13-20-17(19-16)9-8-15-11-14(2)7-4-5-10-18-12-15/h11-14H,3,6-10H2,1-2H3/b15-11-,18-12-. The minimum absolute atomic E-state index is 0.508. The van der Waals surface area contributed by atoms with Crippen molar-refractivity contribution in [1.29, 1.82) is 0 Å². The second-order valence-corrected chi connectivity index (χ2v) is 6.17. The van der Waals surface area contributed by atoms with Gasteiger partial charge in [-0.2, -0.15) is 0 Å². The van der Waals surface area contributed by atoms with E-state index < -0.39 is 0 Å². The maximum atomic E-state index is 4.69. The second kappa shape index (κ2) is 8.01. The van der Waals surface area contributed by atoms with Crippen molar-refractivity contribution >= 4 is 17.6 Å². The van der Waals surface area contributed by atoms with Crippen molar-refractivity contribution < 1.29 is 0 Å². The van der Waals surface area contributed by atoms with Gasteiger partial charge in [0.1, 0.15) is 0 Å². The third-order valence-electron chi connectivity index (χ3n) is 3.21. The predicted octanol–water partition coefficient (Wildman–Crippen LogP) is 4.07. The molecule has 2 heterocycles. The molecule has 1 aliphatic heterocycles. The first-order valence-electron chi connectivity index (χ1n) is 7.37. The lowest BCUT2D eigenvalue weighted by Gasteiger charge is -2.04. The summed E-state index contributed by atoms with van der Waals surface area (Å²) in [4.78, 5) is 9.06. The van der Waals surface area contributed by atoms with Crippen LogP contribution in [0.4, 0.5) is 0 Å². The zero-order chi connectivity index (χ0) is 14.2. The zero-order valence-electron chi connectivity index (χ0n) is 12.4. The Kier molecular flexibility index (Phi) is 6.01. The first kappa shape index (κ1) is 15.0. The van der Waals surface area contributed by atoms with E-state index in [0.29, 0.717) is 12.5 Å². The molecule has 0 radical (unpaired) electrons. The summed E-state index contributed by atoms with van der Waals surface area (Å²) in [6.07, 6.45) is 9.53. The minimum atomic E-state index is 0.508. The van der Waals surface area contributed by atoms with Crippen molar-refractivity contribution in [1.82, 2.24) is 4.98 Å². The van der Waals surface area contributed by atoms with Crippen LogP contribution in [0.5, 0.6) is 0 Å². The fourth-order valence-corrected chi connectivity index (χ4v) is 3.03. The Bertz CT molecular complexity index is 543. The highest BCUT2D eigenvalue weighted by atomic mass is 32.1. The number of rotatable bonds is 5. The Morgan fingerprint density at radius 2 is 2.20 bits per heavy atom. The van der Waals surface area contributed by atoms with Crippen molar-refractivity contribution in [2.24, 2.45) is 10.9 Å². The summed E-state index contributed by atoms with van der Waals surface area (Å²) in [5, 5.41) is 3.44. The van der Waals surface area contributed by atoms with Crippen LogP contribution >= 0.6 is 11.3 Å². The van der Waals surface area contributed by atoms with Gasteiger partial charge in [0.05, 0.1) is 17.2 Å². The maximum Gasteiger partial charge on any atom is 0.0997 e. The van der Waals surface area contributed by atoms with Gasteiger partial charge in [-0.1, -0.05) is 32.3 Å². The number of aliphatic imine (C=N–C) groups is 1. The number of thiazole rings is 1. The van der Waals surface area contributed by atoms with Gasteiger partial charge in [-0.15, -0.1) is 17.3 Å². The lowest BCUT2D eigenvalue weighted by atomic mass is 10.0. The molecule has 3 heteroatoms. The number of allylic oxidation sites excluding steroid dienone is 2. The van der Waals surface area contributed by atoms with E-state index in [1.54, 1.807) is 11.3 Å². The molecule has 0 amide bonds. The normalized spacial score (nSPS) is 22.7. The van der Waals surface area contributed by atoms with Gasteiger partial charge in [0.15, 0.2) is 0 Å². The third-order valence-corrected chi connectivity index (χ3v) is 4.17. The molecule has 0 bridgehead atoms. The molecule has 20 heavy (non-hydrogen) atoms. The molecule has 1 aliphatic rings. The number of aromatic nitrogens is 1. The molecule has 0 spiro atoms. The Morgan fingerprint density at radius 1 is 1.30 bits per heavy atom. The third kappa shape index (κ3) is 4.94. The van der Waals surface area contributed by atoms with Crippen molar-refractivity contribution in [3.8, 4) is 11.8 Å². The van der Waals surface area contributed by atoms with Crippen molar-refractivity contribution in [3.05, 3.63) is 27.7 Å². The molecule has 0 fully saturated rings. The molecule has 1 aromatic rings. The zero-order valence-corrected chi connectivity index (χ0v) is 13.2. The number of nitrogens with zero attached hydrogens (tertiary/aromatic N) is 2. The molecule has 1 unspecified atom stereocenters. The van der Waals surface area contributed by atoms with Crippen LogP contribution in [-0.4, -0.2) is 17.7 Å². The van der Waals surface area contributed by atoms with E-state index in [-0.39, 0.29) is 0 Å². The highest BCUT2D eigenvalue weighted by Crippen LogP contribution is 2.17. The molecular formula is C17H22N2S. The van der Waals surface area contributed by atoms with E-state index in [1.807, 2.05) is 6.21 Å². The van der Waals surface area contributed by atoms with Gasteiger partial charge >= 0.3 is 0 Å². The monoisotopic (exact) mass is 286 g/mol. The summed E-state index contributed by atoms with van der Waals surface area (Å²) in [6.45, 7) is 5.04. The summed E-state index contributed by atoms with van der Waals surface area (Å²) >= 11 is 1.78. The van der Waals surface area contributed by atoms with Crippen LogP contribution in [0.15, 0.2) is 22.0 Å². The summed E-state index contributed by atoms with van der Waals surface area (Å²) in [5.41, 5.74) is 2.56. The Labute approximate surface area is 126 Å². The summed E-state index contributed by atoms with van der Waals surface area (Å²) < 4.78 is 0. The van der Waals surface area contributed by atoms with Crippen LogP contribution < -0.4 is 0 Å². The summed E-state index contributed by atoms with van der Waals surface area (Å²) in [7, 11) is 0. The number of hydrogen-bond acceptors (Lipinski definition) is 3. The Balaban J connectivity index is 1.93. The molecule has 0 aromatic carbocycles. The van der Waals surface area contributed by atoms with E-state index >= 15 is 0 Å². The lowest BCUT2D eigenvalue weighted by molar-refractivity contribution is 0.749. The fourth-order valence-electron chi connectivity index (χ4n) is 2.20. The van der Waals surface area contributed by atoms with Gasteiger partial charge in [-0.3, -0.25) is 4.99 Å². The van der Waals surface area contributed by atoms with Gasteiger partial charge < -0.3 is 0 Å². The summed E-state index contributed by atoms with van der Waals surface area (Å²) in [5.74, 6) is 6.76. The molecule has 0 N–H and O–H groups in total. The van der Waals surface area contributed by atoms with Crippen LogP contribution in [0.25, 0.3) is 0 Å². The quantitative estimate of drug-likeness (QED) is 0.749. The van der Waals surface area contributed by atoms with Crippen LogP contribution in [0, 0.1) is 17.8 Å². The Hall–Kier alpha value is -1.40. The number of hydrogen-bond donors (Lipinski definition) is 0. The Morgan fingerprint density at radius 3 is 3.05 bits per heavy atom. The average Bonchev–Trinajstić information content (AvgIpc) is 2.90. The lowest BCUT2D eigenvalue weighted by Crippen LogP contribution is -1.96. The largest absolute Gasteiger partial charge is 0.280 e. The van der Waals surface area contributed by atoms with Gasteiger partial charge in [0.25, 0.3) is 0 Å². The van der Waals surface area contributed by atoms with Gasteiger partial charge in [-0.25, -0.2) is 4.98 Å². The van der Waals surface area contributed by atoms with Crippen LogP contribution in [-0.2, 0) is 12.8 Å². The molecule has 0 aliphatic carbocycles. The average molecular weight is 286 g/mol. The van der Waals surface area contributed by atoms with Gasteiger partial charge in [0.2, 0.25) is 0 Å². The molecule has 2 rings (SSSR count). The van der Waals surface area contributed by atoms with Crippen LogP contribution in [0.1, 0.15) is 43.8 Å². The SMILES string of the molecule is CCCc1csc(CCC2=C/C(C)CC#CC/N=C\2)n1. The van der Waals surface area contributed by atoms with Crippen molar-refractivity contribution in [2.45, 2.75) is 46.0 Å². The second-order valence-electron chi connectivity index (χ2n) is 5.23. The van der Waals surface area contributed by atoms with E-state index in [4.69, 9.17) is 0 Å². The van der Waals surface area contributed by atoms with E-state index in [1.165, 1.54) is 22.7 Å². The molecule has 2 nitrogen and oxygen atoms in total. The van der Waals surface area contributed by atoms with E-state index in [2.05, 4.69) is 47.1 Å². The van der Waals surface area contributed by atoms with Crippen molar-refractivity contribution in [2.75, 3.05) is 6.54 Å². The minimum Gasteiger partial charge on any atom is -0.280 e. The number of aryl methyl sites for hydroxylation is 2. The smallest absolute Gasteiger partial charge is 0.0997 e. The molecule has 0 saturated carbocycles. The maximum absolute atomic E-state index is 4.69.